The topological polar surface area (TPSA) is 58.2 Å². The van der Waals surface area contributed by atoms with Gasteiger partial charge in [0, 0.05) is 30.8 Å². The molecule has 2 aromatic rings. The van der Waals surface area contributed by atoms with E-state index in [9.17, 15) is 4.79 Å². The molecule has 6 heteroatoms. The van der Waals surface area contributed by atoms with E-state index in [2.05, 4.69) is 10.2 Å². The van der Waals surface area contributed by atoms with Gasteiger partial charge in [0.2, 0.25) is 0 Å². The maximum atomic E-state index is 12.6. The van der Waals surface area contributed by atoms with Crippen LogP contribution in [0.4, 0.5) is 0 Å². The summed E-state index contributed by atoms with van der Waals surface area (Å²) in [5.41, 5.74) is 3.22. The van der Waals surface area contributed by atoms with Crippen molar-refractivity contribution in [3.05, 3.63) is 46.2 Å². The van der Waals surface area contributed by atoms with E-state index in [1.54, 1.807) is 24.1 Å². The molecule has 1 atom stereocenters. The number of nitrogens with one attached hydrogen (secondary N) is 1. The Morgan fingerprint density at radius 2 is 2.32 bits per heavy atom. The van der Waals surface area contributed by atoms with Crippen LogP contribution >= 0.6 is 11.6 Å². The van der Waals surface area contributed by atoms with E-state index in [1.165, 1.54) is 0 Å². The molecule has 0 fully saturated rings. The molecule has 1 amide bonds. The summed E-state index contributed by atoms with van der Waals surface area (Å²) in [6.07, 6.45) is 1.99. The number of H-pyrrole nitrogens is 1. The van der Waals surface area contributed by atoms with Gasteiger partial charge in [0.1, 0.15) is 5.75 Å². The predicted molar refractivity (Wildman–Crippen MR) is 84.0 cm³/mol. The minimum atomic E-state index is -0.576. The van der Waals surface area contributed by atoms with Crippen molar-refractivity contribution in [2.45, 2.75) is 32.9 Å². The van der Waals surface area contributed by atoms with Gasteiger partial charge in [-0.1, -0.05) is 17.7 Å². The number of carbonyl (C=O) groups is 1. The second kappa shape index (κ2) is 6.01. The van der Waals surface area contributed by atoms with Gasteiger partial charge in [0.15, 0.2) is 6.10 Å². The van der Waals surface area contributed by atoms with Gasteiger partial charge >= 0.3 is 0 Å². The lowest BCUT2D eigenvalue weighted by Gasteiger charge is -2.29. The molecule has 0 saturated heterocycles. The number of fused-ring (bicyclic) bond motifs is 1. The normalized spacial score (nSPS) is 15.3. The zero-order chi connectivity index (χ0) is 15.7. The van der Waals surface area contributed by atoms with Crippen molar-refractivity contribution in [2.24, 2.45) is 0 Å². The summed E-state index contributed by atoms with van der Waals surface area (Å²) in [6.45, 7) is 4.95. The molecule has 1 aliphatic heterocycles. The first kappa shape index (κ1) is 14.9. The molecule has 1 unspecified atom stereocenters. The zero-order valence-electron chi connectivity index (χ0n) is 12.6. The molecule has 0 saturated carbocycles. The molecule has 1 aliphatic rings. The lowest BCUT2D eigenvalue weighted by Crippen LogP contribution is -2.43. The fraction of sp³-hybridized carbons (Fsp3) is 0.375. The van der Waals surface area contributed by atoms with Crippen LogP contribution < -0.4 is 4.74 Å². The molecule has 1 N–H and O–H groups in total. The maximum Gasteiger partial charge on any atom is 0.263 e. The number of aromatic nitrogens is 2. The summed E-state index contributed by atoms with van der Waals surface area (Å²) in [7, 11) is 0. The SMILES string of the molecule is Cc1ccc(Cl)c(OC(C)C(=O)N2CCc3[nH]ncc3C2)c1. The number of rotatable bonds is 3. The number of ether oxygens (including phenoxy) is 1. The first-order valence-electron chi connectivity index (χ1n) is 7.27. The van der Waals surface area contributed by atoms with Gasteiger partial charge in [0.05, 0.1) is 11.2 Å². The van der Waals surface area contributed by atoms with Crippen molar-refractivity contribution in [2.75, 3.05) is 6.54 Å². The number of nitrogens with zero attached hydrogens (tertiary/aromatic N) is 2. The van der Waals surface area contributed by atoms with E-state index in [0.29, 0.717) is 23.9 Å². The number of carbonyl (C=O) groups excluding carboxylic acids is 1. The highest BCUT2D eigenvalue weighted by Gasteiger charge is 2.27. The molecule has 0 spiro atoms. The lowest BCUT2D eigenvalue weighted by atomic mass is 10.1. The molecular formula is C16H18ClN3O2. The number of aromatic amines is 1. The van der Waals surface area contributed by atoms with Gasteiger partial charge in [-0.15, -0.1) is 0 Å². The van der Waals surface area contributed by atoms with Gasteiger partial charge in [0.25, 0.3) is 5.91 Å². The van der Waals surface area contributed by atoms with E-state index in [0.717, 1.165) is 23.2 Å². The Labute approximate surface area is 134 Å². The fourth-order valence-electron chi connectivity index (χ4n) is 2.61. The van der Waals surface area contributed by atoms with E-state index >= 15 is 0 Å². The average Bonchev–Trinajstić information content (AvgIpc) is 2.97. The van der Waals surface area contributed by atoms with Gasteiger partial charge in [-0.3, -0.25) is 9.89 Å². The van der Waals surface area contributed by atoms with Gasteiger partial charge in [-0.2, -0.15) is 5.10 Å². The third-order valence-electron chi connectivity index (χ3n) is 3.85. The third kappa shape index (κ3) is 2.95. The maximum absolute atomic E-state index is 12.6. The highest BCUT2D eigenvalue weighted by Crippen LogP contribution is 2.27. The number of aryl methyl sites for hydroxylation is 1. The summed E-state index contributed by atoms with van der Waals surface area (Å²) in [5, 5.41) is 7.50. The summed E-state index contributed by atoms with van der Waals surface area (Å²) in [6, 6.07) is 5.53. The average molecular weight is 320 g/mol. The summed E-state index contributed by atoms with van der Waals surface area (Å²) >= 11 is 6.12. The van der Waals surface area contributed by atoms with Gasteiger partial charge in [-0.05, 0) is 31.5 Å². The molecule has 22 heavy (non-hydrogen) atoms. The van der Waals surface area contributed by atoms with Crippen molar-refractivity contribution in [1.82, 2.24) is 15.1 Å². The Morgan fingerprint density at radius 3 is 3.14 bits per heavy atom. The van der Waals surface area contributed by atoms with Crippen LogP contribution in [0, 0.1) is 6.92 Å². The standard InChI is InChI=1S/C16H18ClN3O2/c1-10-3-4-13(17)15(7-10)22-11(2)16(21)20-6-5-14-12(9-20)8-18-19-14/h3-4,7-8,11H,5-6,9H2,1-2H3,(H,18,19). The lowest BCUT2D eigenvalue weighted by molar-refractivity contribution is -0.138. The van der Waals surface area contributed by atoms with E-state index in [1.807, 2.05) is 19.1 Å². The van der Waals surface area contributed by atoms with Crippen molar-refractivity contribution < 1.29 is 9.53 Å². The van der Waals surface area contributed by atoms with E-state index in [-0.39, 0.29) is 5.91 Å². The molecule has 0 aliphatic carbocycles. The second-order valence-corrected chi connectivity index (χ2v) is 5.98. The number of hydrogen-bond donors (Lipinski definition) is 1. The number of halogens is 1. The zero-order valence-corrected chi connectivity index (χ0v) is 13.4. The Bertz CT molecular complexity index is 698. The van der Waals surface area contributed by atoms with Crippen LogP contribution in [0.5, 0.6) is 5.75 Å². The van der Waals surface area contributed by atoms with Crippen LogP contribution in [0.25, 0.3) is 0 Å². The van der Waals surface area contributed by atoms with Crippen LogP contribution in [-0.4, -0.2) is 33.7 Å². The Hall–Kier alpha value is -2.01. The Morgan fingerprint density at radius 1 is 1.50 bits per heavy atom. The number of hydrogen-bond acceptors (Lipinski definition) is 3. The van der Waals surface area contributed by atoms with Crippen LogP contribution in [0.15, 0.2) is 24.4 Å². The molecule has 3 rings (SSSR count). The second-order valence-electron chi connectivity index (χ2n) is 5.58. The van der Waals surface area contributed by atoms with Crippen LogP contribution in [0.1, 0.15) is 23.7 Å². The molecular weight excluding hydrogens is 302 g/mol. The van der Waals surface area contributed by atoms with Crippen molar-refractivity contribution in [3.8, 4) is 5.75 Å². The van der Waals surface area contributed by atoms with Gasteiger partial charge < -0.3 is 9.64 Å². The monoisotopic (exact) mass is 319 g/mol. The number of amides is 1. The largest absolute Gasteiger partial charge is 0.479 e. The molecule has 0 radical (unpaired) electrons. The first-order chi connectivity index (χ1) is 10.5. The van der Waals surface area contributed by atoms with E-state index in [4.69, 9.17) is 16.3 Å². The van der Waals surface area contributed by atoms with Crippen molar-refractivity contribution >= 4 is 17.5 Å². The molecule has 1 aromatic carbocycles. The highest BCUT2D eigenvalue weighted by atomic mass is 35.5. The molecule has 116 valence electrons. The van der Waals surface area contributed by atoms with Crippen molar-refractivity contribution in [1.29, 1.82) is 0 Å². The van der Waals surface area contributed by atoms with Crippen LogP contribution in [-0.2, 0) is 17.8 Å². The molecule has 1 aromatic heterocycles. The fourth-order valence-corrected chi connectivity index (χ4v) is 2.77. The van der Waals surface area contributed by atoms with Gasteiger partial charge in [-0.25, -0.2) is 0 Å². The minimum absolute atomic E-state index is 0.0376. The Kier molecular flexibility index (Phi) is 4.07. The van der Waals surface area contributed by atoms with Crippen molar-refractivity contribution in [3.63, 3.8) is 0 Å². The van der Waals surface area contributed by atoms with E-state index < -0.39 is 6.10 Å². The first-order valence-corrected chi connectivity index (χ1v) is 7.65. The summed E-state index contributed by atoms with van der Waals surface area (Å²) in [5.74, 6) is 0.507. The summed E-state index contributed by atoms with van der Waals surface area (Å²) < 4.78 is 5.76. The molecule has 5 nitrogen and oxygen atoms in total. The van der Waals surface area contributed by atoms with Crippen LogP contribution in [0.3, 0.4) is 0 Å². The predicted octanol–water partition coefficient (Wildman–Crippen LogP) is 2.72. The Balaban J connectivity index is 1.69. The molecule has 2 heterocycles. The summed E-state index contributed by atoms with van der Waals surface area (Å²) in [4.78, 5) is 14.4. The highest BCUT2D eigenvalue weighted by molar-refractivity contribution is 6.32. The quantitative estimate of drug-likeness (QED) is 0.946. The third-order valence-corrected chi connectivity index (χ3v) is 4.16. The molecule has 0 bridgehead atoms. The smallest absolute Gasteiger partial charge is 0.263 e. The minimum Gasteiger partial charge on any atom is -0.479 e. The number of benzene rings is 1. The van der Waals surface area contributed by atoms with Crippen LogP contribution in [0.2, 0.25) is 5.02 Å².